The quantitative estimate of drug-likeness (QED) is 0.779. The van der Waals surface area contributed by atoms with Gasteiger partial charge in [0.15, 0.2) is 0 Å². The van der Waals surface area contributed by atoms with E-state index in [1.165, 1.54) is 0 Å². The van der Waals surface area contributed by atoms with Crippen molar-refractivity contribution in [2.24, 2.45) is 0 Å². The molecule has 0 aromatic heterocycles. The molecule has 0 bridgehead atoms. The lowest BCUT2D eigenvalue weighted by atomic mass is 9.77. The van der Waals surface area contributed by atoms with Crippen LogP contribution < -0.4 is 5.43 Å². The topological polar surface area (TPSA) is 55.8 Å². The molecule has 0 spiro atoms. The maximum atomic E-state index is 11.6. The highest BCUT2D eigenvalue weighted by Gasteiger charge is 2.38. The fraction of sp³-hybridized carbons (Fsp3) is 0.533. The molecule has 20 heavy (non-hydrogen) atoms. The molecule has 0 aliphatic carbocycles. The number of hydrogen-bond donors (Lipinski definition) is 2. The summed E-state index contributed by atoms with van der Waals surface area (Å²) in [6.45, 7) is 3.92. The molecule has 1 atom stereocenters. The lowest BCUT2D eigenvalue weighted by Crippen LogP contribution is -2.49. The molecule has 0 heterocycles. The number of aliphatic carboxylic acids is 1. The molecule has 0 aliphatic heterocycles. The van der Waals surface area contributed by atoms with Gasteiger partial charge in [0.05, 0.1) is 0 Å². The highest BCUT2D eigenvalue weighted by atomic mass is 16.4. The van der Waals surface area contributed by atoms with Gasteiger partial charge in [-0.25, -0.2) is 5.01 Å². The van der Waals surface area contributed by atoms with E-state index in [1.54, 1.807) is 19.0 Å². The molecule has 0 radical (unpaired) electrons. The maximum Gasteiger partial charge on any atom is 0.321 e. The number of nitrogens with zero attached hydrogens (tertiary/aromatic N) is 2. The molecule has 0 fully saturated rings. The van der Waals surface area contributed by atoms with Crippen LogP contribution in [0.3, 0.4) is 0 Å². The van der Waals surface area contributed by atoms with Crippen LogP contribution in [0.5, 0.6) is 0 Å². The monoisotopic (exact) mass is 279 g/mol. The van der Waals surface area contributed by atoms with Gasteiger partial charge in [0, 0.05) is 25.2 Å². The van der Waals surface area contributed by atoms with Gasteiger partial charge >= 0.3 is 5.97 Å². The van der Waals surface area contributed by atoms with Crippen LogP contribution in [-0.2, 0) is 10.2 Å². The van der Waals surface area contributed by atoms with E-state index in [0.717, 1.165) is 11.3 Å². The lowest BCUT2D eigenvalue weighted by molar-refractivity contribution is -0.144. The molecule has 1 rings (SSSR count). The summed E-state index contributed by atoms with van der Waals surface area (Å²) in [5.41, 5.74) is 4.63. The number of rotatable bonds is 6. The second-order valence-electron chi connectivity index (χ2n) is 6.01. The zero-order valence-corrected chi connectivity index (χ0v) is 13.1. The molecular formula is C15H25N3O2. The molecule has 5 heteroatoms. The molecular weight excluding hydrogens is 254 g/mol. The Kier molecular flexibility index (Phi) is 5.14. The SMILES string of the molecule is CN(C)Nc1cccc(C(C)(C)C(C(=O)O)N(C)C)c1. The van der Waals surface area contributed by atoms with Gasteiger partial charge in [-0.15, -0.1) is 0 Å². The van der Waals surface area contributed by atoms with E-state index in [-0.39, 0.29) is 0 Å². The van der Waals surface area contributed by atoms with Gasteiger partial charge < -0.3 is 10.5 Å². The van der Waals surface area contributed by atoms with E-state index in [0.29, 0.717) is 0 Å². The molecule has 5 nitrogen and oxygen atoms in total. The van der Waals surface area contributed by atoms with Crippen LogP contribution in [-0.4, -0.2) is 55.2 Å². The Bertz CT molecular complexity index is 470. The molecule has 1 aromatic carbocycles. The second kappa shape index (κ2) is 6.24. The Labute approximate surface area is 121 Å². The first-order valence-electron chi connectivity index (χ1n) is 6.60. The van der Waals surface area contributed by atoms with Gasteiger partial charge in [-0.2, -0.15) is 0 Å². The van der Waals surface area contributed by atoms with Crippen molar-refractivity contribution in [2.45, 2.75) is 25.3 Å². The van der Waals surface area contributed by atoms with E-state index in [9.17, 15) is 9.90 Å². The number of benzene rings is 1. The number of likely N-dealkylation sites (N-methyl/N-ethyl adjacent to an activating group) is 1. The summed E-state index contributed by atoms with van der Waals surface area (Å²) in [6, 6.07) is 7.29. The Balaban J connectivity index is 3.16. The van der Waals surface area contributed by atoms with Gasteiger partial charge in [0.2, 0.25) is 0 Å². The Hall–Kier alpha value is -1.59. The van der Waals surface area contributed by atoms with Crippen molar-refractivity contribution >= 4 is 11.7 Å². The Morgan fingerprint density at radius 2 is 1.85 bits per heavy atom. The number of carboxylic acid groups (broad SMARTS) is 1. The standard InChI is InChI=1S/C15H25N3O2/c1-15(2,13(14(19)20)17(3)4)11-8-7-9-12(10-11)16-18(5)6/h7-10,13,16H,1-6H3,(H,19,20). The van der Waals surface area contributed by atoms with Crippen LogP contribution in [0.1, 0.15) is 19.4 Å². The Morgan fingerprint density at radius 3 is 2.30 bits per heavy atom. The molecule has 0 saturated carbocycles. The number of hydrogen-bond acceptors (Lipinski definition) is 4. The van der Waals surface area contributed by atoms with Crippen molar-refractivity contribution in [1.29, 1.82) is 0 Å². The van der Waals surface area contributed by atoms with Crippen LogP contribution in [0, 0.1) is 0 Å². The zero-order chi connectivity index (χ0) is 15.5. The minimum atomic E-state index is -0.814. The largest absolute Gasteiger partial charge is 0.480 e. The van der Waals surface area contributed by atoms with Crippen molar-refractivity contribution in [3.63, 3.8) is 0 Å². The fourth-order valence-corrected chi connectivity index (χ4v) is 2.58. The fourth-order valence-electron chi connectivity index (χ4n) is 2.58. The first-order valence-corrected chi connectivity index (χ1v) is 6.60. The molecule has 1 aromatic rings. The van der Waals surface area contributed by atoms with Gasteiger partial charge in [-0.3, -0.25) is 9.69 Å². The van der Waals surface area contributed by atoms with E-state index in [1.807, 2.05) is 57.2 Å². The highest BCUT2D eigenvalue weighted by molar-refractivity contribution is 5.76. The van der Waals surface area contributed by atoms with E-state index < -0.39 is 17.4 Å². The number of anilines is 1. The maximum absolute atomic E-state index is 11.6. The summed E-state index contributed by atoms with van der Waals surface area (Å²) < 4.78 is 0. The van der Waals surface area contributed by atoms with Crippen molar-refractivity contribution in [1.82, 2.24) is 9.91 Å². The number of carboxylic acids is 1. The summed E-state index contributed by atoms with van der Waals surface area (Å²) >= 11 is 0. The predicted molar refractivity (Wildman–Crippen MR) is 81.9 cm³/mol. The number of hydrazine groups is 1. The van der Waals surface area contributed by atoms with E-state index in [2.05, 4.69) is 5.43 Å². The van der Waals surface area contributed by atoms with Gasteiger partial charge in [0.25, 0.3) is 0 Å². The summed E-state index contributed by atoms with van der Waals surface area (Å²) in [4.78, 5) is 13.3. The third kappa shape index (κ3) is 3.71. The Morgan fingerprint density at radius 1 is 1.25 bits per heavy atom. The first kappa shape index (κ1) is 16.5. The summed E-state index contributed by atoms with van der Waals surface area (Å²) in [6.07, 6.45) is 0. The van der Waals surface area contributed by atoms with E-state index in [4.69, 9.17) is 0 Å². The second-order valence-corrected chi connectivity index (χ2v) is 6.01. The first-order chi connectivity index (χ1) is 9.16. The number of carbonyl (C=O) groups is 1. The van der Waals surface area contributed by atoms with Crippen LogP contribution in [0.25, 0.3) is 0 Å². The normalized spacial score (nSPS) is 13.6. The summed E-state index contributed by atoms with van der Waals surface area (Å²) in [5.74, 6) is -0.814. The average Bonchev–Trinajstić information content (AvgIpc) is 2.26. The van der Waals surface area contributed by atoms with Crippen LogP contribution >= 0.6 is 0 Å². The van der Waals surface area contributed by atoms with Gasteiger partial charge in [0.1, 0.15) is 6.04 Å². The van der Waals surface area contributed by atoms with E-state index >= 15 is 0 Å². The minimum Gasteiger partial charge on any atom is -0.480 e. The van der Waals surface area contributed by atoms with Crippen LogP contribution in [0.4, 0.5) is 5.69 Å². The van der Waals surface area contributed by atoms with Crippen LogP contribution in [0.2, 0.25) is 0 Å². The molecule has 2 N–H and O–H groups in total. The van der Waals surface area contributed by atoms with Crippen molar-refractivity contribution in [3.8, 4) is 0 Å². The summed E-state index contributed by atoms with van der Waals surface area (Å²) in [5, 5.41) is 11.3. The molecule has 0 aliphatic rings. The third-order valence-corrected chi connectivity index (χ3v) is 3.39. The average molecular weight is 279 g/mol. The van der Waals surface area contributed by atoms with Crippen molar-refractivity contribution in [2.75, 3.05) is 33.6 Å². The third-order valence-electron chi connectivity index (χ3n) is 3.39. The van der Waals surface area contributed by atoms with Crippen molar-refractivity contribution in [3.05, 3.63) is 29.8 Å². The lowest BCUT2D eigenvalue weighted by Gasteiger charge is -2.36. The smallest absolute Gasteiger partial charge is 0.321 e. The summed E-state index contributed by atoms with van der Waals surface area (Å²) in [7, 11) is 7.42. The van der Waals surface area contributed by atoms with Crippen LogP contribution in [0.15, 0.2) is 24.3 Å². The van der Waals surface area contributed by atoms with Gasteiger partial charge in [-0.05, 0) is 31.8 Å². The molecule has 0 saturated heterocycles. The molecule has 112 valence electrons. The zero-order valence-electron chi connectivity index (χ0n) is 13.1. The molecule has 0 amide bonds. The highest BCUT2D eigenvalue weighted by Crippen LogP contribution is 2.31. The minimum absolute atomic E-state index is 0.501. The molecule has 1 unspecified atom stereocenters. The van der Waals surface area contributed by atoms with Crippen molar-refractivity contribution < 1.29 is 9.90 Å². The van der Waals surface area contributed by atoms with Gasteiger partial charge in [-0.1, -0.05) is 26.0 Å². The number of nitrogens with one attached hydrogen (secondary N) is 1. The predicted octanol–water partition coefficient (Wildman–Crippen LogP) is 1.87.